The van der Waals surface area contributed by atoms with Crippen molar-refractivity contribution in [3.05, 3.63) is 49.7 Å². The number of aromatic nitrogens is 1. The molecule has 0 saturated heterocycles. The van der Waals surface area contributed by atoms with Crippen LogP contribution in [0.2, 0.25) is 10.0 Å². The number of rotatable bonds is 3. The fourth-order valence-corrected chi connectivity index (χ4v) is 1.86. The van der Waals surface area contributed by atoms with Crippen molar-refractivity contribution in [1.29, 1.82) is 0 Å². The van der Waals surface area contributed by atoms with Crippen LogP contribution >= 0.6 is 23.2 Å². The van der Waals surface area contributed by atoms with E-state index < -0.39 is 10.8 Å². The maximum Gasteiger partial charge on any atom is 0.271 e. The Labute approximate surface area is 122 Å². The Morgan fingerprint density at radius 3 is 2.65 bits per heavy atom. The van der Waals surface area contributed by atoms with Crippen LogP contribution in [0.3, 0.4) is 0 Å². The van der Waals surface area contributed by atoms with E-state index in [1.54, 1.807) is 6.92 Å². The molecule has 1 aromatic carbocycles. The molecule has 2 rings (SSSR count). The van der Waals surface area contributed by atoms with Crippen LogP contribution in [0.25, 0.3) is 0 Å². The molecule has 0 fully saturated rings. The predicted octanol–water partition coefficient (Wildman–Crippen LogP) is 3.45. The molecule has 2 aromatic rings. The first-order valence-corrected chi connectivity index (χ1v) is 6.02. The van der Waals surface area contributed by atoms with Crippen molar-refractivity contribution in [2.24, 2.45) is 0 Å². The number of nitrogens with zero attached hydrogens (tertiary/aromatic N) is 2. The van der Waals surface area contributed by atoms with Crippen molar-refractivity contribution in [2.45, 2.75) is 6.92 Å². The number of non-ortho nitro benzene ring substituents is 1. The molecule has 0 saturated carbocycles. The summed E-state index contributed by atoms with van der Waals surface area (Å²) in [5.41, 5.74) is -0.451. The molecule has 104 valence electrons. The highest BCUT2D eigenvalue weighted by atomic mass is 35.5. The summed E-state index contributed by atoms with van der Waals surface area (Å²) < 4.78 is 4.79. The van der Waals surface area contributed by atoms with Crippen LogP contribution in [-0.4, -0.2) is 16.0 Å². The van der Waals surface area contributed by atoms with Gasteiger partial charge in [-0.2, -0.15) is 0 Å². The van der Waals surface area contributed by atoms with Gasteiger partial charge in [-0.15, -0.1) is 0 Å². The van der Waals surface area contributed by atoms with Crippen LogP contribution in [0.1, 0.15) is 16.1 Å². The number of hydrogen-bond donors (Lipinski definition) is 1. The largest absolute Gasteiger partial charge is 0.360 e. The summed E-state index contributed by atoms with van der Waals surface area (Å²) in [4.78, 5) is 22.1. The lowest BCUT2D eigenvalue weighted by molar-refractivity contribution is -0.384. The minimum atomic E-state index is -0.672. The van der Waals surface area contributed by atoms with Crippen LogP contribution < -0.4 is 5.32 Å². The smallest absolute Gasteiger partial charge is 0.271 e. The van der Waals surface area contributed by atoms with Gasteiger partial charge >= 0.3 is 0 Å². The summed E-state index contributed by atoms with van der Waals surface area (Å²) in [7, 11) is 0. The quantitative estimate of drug-likeness (QED) is 0.690. The van der Waals surface area contributed by atoms with Crippen molar-refractivity contribution in [3.8, 4) is 0 Å². The van der Waals surface area contributed by atoms with E-state index in [0.717, 1.165) is 12.1 Å². The van der Waals surface area contributed by atoms with Gasteiger partial charge in [-0.1, -0.05) is 28.4 Å². The van der Waals surface area contributed by atoms with Crippen molar-refractivity contribution >= 4 is 40.6 Å². The lowest BCUT2D eigenvalue weighted by Crippen LogP contribution is -2.13. The molecule has 9 heteroatoms. The minimum absolute atomic E-state index is 0.0741. The second-order valence-electron chi connectivity index (χ2n) is 3.82. The summed E-state index contributed by atoms with van der Waals surface area (Å²) in [5.74, 6) is 0.00330. The van der Waals surface area contributed by atoms with Gasteiger partial charge in [-0.25, -0.2) is 0 Å². The first-order valence-electron chi connectivity index (χ1n) is 5.26. The highest BCUT2D eigenvalue weighted by Gasteiger charge is 2.20. The maximum absolute atomic E-state index is 12.0. The zero-order chi connectivity index (χ0) is 14.9. The van der Waals surface area contributed by atoms with Gasteiger partial charge in [-0.3, -0.25) is 14.9 Å². The standard InChI is InChI=1S/C11H7Cl2N3O4/c1-5-2-9(15-20-5)14-11(17)7-3-6(16(18)19)4-8(12)10(7)13/h2-4H,1H3,(H,14,15,17). The number of nitrogens with one attached hydrogen (secondary N) is 1. The summed E-state index contributed by atoms with van der Waals surface area (Å²) in [6.45, 7) is 1.65. The number of carbonyl (C=O) groups excluding carboxylic acids is 1. The van der Waals surface area contributed by atoms with Crippen molar-refractivity contribution in [3.63, 3.8) is 0 Å². The molecule has 0 radical (unpaired) electrons. The maximum atomic E-state index is 12.0. The molecule has 0 aliphatic rings. The molecular weight excluding hydrogens is 309 g/mol. The van der Waals surface area contributed by atoms with Crippen molar-refractivity contribution in [2.75, 3.05) is 5.32 Å². The molecule has 20 heavy (non-hydrogen) atoms. The second-order valence-corrected chi connectivity index (χ2v) is 4.61. The van der Waals surface area contributed by atoms with Crippen LogP contribution in [0.15, 0.2) is 22.7 Å². The molecular formula is C11H7Cl2N3O4. The van der Waals surface area contributed by atoms with E-state index in [1.165, 1.54) is 6.07 Å². The Kier molecular flexibility index (Phi) is 3.91. The summed E-state index contributed by atoms with van der Waals surface area (Å²) in [6, 6.07) is 3.60. The minimum Gasteiger partial charge on any atom is -0.360 e. The number of aryl methyl sites for hydroxylation is 1. The van der Waals surface area contributed by atoms with E-state index in [4.69, 9.17) is 27.7 Å². The Bertz CT molecular complexity index is 699. The van der Waals surface area contributed by atoms with E-state index in [2.05, 4.69) is 10.5 Å². The van der Waals surface area contributed by atoms with Crippen LogP contribution in [-0.2, 0) is 0 Å². The highest BCUT2D eigenvalue weighted by Crippen LogP contribution is 2.31. The third-order valence-corrected chi connectivity index (χ3v) is 3.14. The Morgan fingerprint density at radius 1 is 1.40 bits per heavy atom. The molecule has 1 amide bonds. The van der Waals surface area contributed by atoms with Crippen LogP contribution in [0.4, 0.5) is 11.5 Å². The Balaban J connectivity index is 2.36. The van der Waals surface area contributed by atoms with E-state index in [1.807, 2.05) is 0 Å². The fourth-order valence-electron chi connectivity index (χ4n) is 1.45. The number of halogens is 2. The molecule has 0 spiro atoms. The zero-order valence-electron chi connectivity index (χ0n) is 10.0. The number of nitro groups is 1. The van der Waals surface area contributed by atoms with E-state index in [0.29, 0.717) is 5.76 Å². The molecule has 7 nitrogen and oxygen atoms in total. The van der Waals surface area contributed by atoms with E-state index >= 15 is 0 Å². The Hall–Kier alpha value is -2.12. The van der Waals surface area contributed by atoms with Gasteiger partial charge in [0.25, 0.3) is 11.6 Å². The van der Waals surface area contributed by atoms with Gasteiger partial charge in [0, 0.05) is 18.2 Å². The number of amides is 1. The topological polar surface area (TPSA) is 98.3 Å². The highest BCUT2D eigenvalue weighted by molar-refractivity contribution is 6.44. The van der Waals surface area contributed by atoms with Gasteiger partial charge < -0.3 is 9.84 Å². The summed E-state index contributed by atoms with van der Waals surface area (Å²) in [5, 5.41) is 16.6. The summed E-state index contributed by atoms with van der Waals surface area (Å²) >= 11 is 11.6. The van der Waals surface area contributed by atoms with Gasteiger partial charge in [0.1, 0.15) is 5.76 Å². The summed E-state index contributed by atoms with van der Waals surface area (Å²) in [6.07, 6.45) is 0. The third-order valence-electron chi connectivity index (χ3n) is 2.34. The first kappa shape index (κ1) is 14.3. The normalized spacial score (nSPS) is 10.3. The zero-order valence-corrected chi connectivity index (χ0v) is 11.5. The monoisotopic (exact) mass is 315 g/mol. The Morgan fingerprint density at radius 2 is 2.10 bits per heavy atom. The van der Waals surface area contributed by atoms with Gasteiger partial charge in [0.15, 0.2) is 5.82 Å². The number of nitro benzene ring substituents is 1. The lowest BCUT2D eigenvalue weighted by atomic mass is 10.2. The average Bonchev–Trinajstić information content (AvgIpc) is 2.77. The SMILES string of the molecule is Cc1cc(NC(=O)c2cc([N+](=O)[O-])cc(Cl)c2Cl)no1. The second kappa shape index (κ2) is 5.48. The van der Waals surface area contributed by atoms with Crippen molar-refractivity contribution < 1.29 is 14.2 Å². The number of hydrogen-bond acceptors (Lipinski definition) is 5. The van der Waals surface area contributed by atoms with Gasteiger partial charge in [0.05, 0.1) is 20.5 Å². The van der Waals surface area contributed by atoms with Crippen molar-refractivity contribution in [1.82, 2.24) is 5.16 Å². The van der Waals surface area contributed by atoms with E-state index in [-0.39, 0.29) is 27.1 Å². The number of carbonyl (C=O) groups is 1. The third kappa shape index (κ3) is 2.89. The molecule has 0 aliphatic carbocycles. The lowest BCUT2D eigenvalue weighted by Gasteiger charge is -2.05. The molecule has 0 atom stereocenters. The molecule has 0 aliphatic heterocycles. The molecule has 0 unspecified atom stereocenters. The van der Waals surface area contributed by atoms with Crippen LogP contribution in [0, 0.1) is 17.0 Å². The molecule has 1 N–H and O–H groups in total. The van der Waals surface area contributed by atoms with Gasteiger partial charge in [0.2, 0.25) is 0 Å². The van der Waals surface area contributed by atoms with E-state index in [9.17, 15) is 14.9 Å². The van der Waals surface area contributed by atoms with Crippen LogP contribution in [0.5, 0.6) is 0 Å². The number of anilines is 1. The number of benzene rings is 1. The predicted molar refractivity (Wildman–Crippen MR) is 72.3 cm³/mol. The molecule has 1 heterocycles. The fraction of sp³-hybridized carbons (Fsp3) is 0.0909. The average molecular weight is 316 g/mol. The molecule has 1 aromatic heterocycles. The first-order chi connectivity index (χ1) is 9.38. The molecule has 0 bridgehead atoms. The van der Waals surface area contributed by atoms with Gasteiger partial charge in [-0.05, 0) is 6.92 Å².